The average molecular weight is 1560 g/mol. The lowest BCUT2D eigenvalue weighted by molar-refractivity contribution is -0.144. The van der Waals surface area contributed by atoms with Crippen LogP contribution in [-0.2, 0) is 58.0 Å². The van der Waals surface area contributed by atoms with Gasteiger partial charge < -0.3 is 62.3 Å². The molecule has 10 N–H and O–H groups in total. The number of hydrogen-bond acceptors (Lipinski definition) is 19. The third-order valence-electron chi connectivity index (χ3n) is 17.7. The number of aromatic nitrogens is 3. The summed E-state index contributed by atoms with van der Waals surface area (Å²) < 4.78 is 15.5. The molecule has 0 bridgehead atoms. The van der Waals surface area contributed by atoms with Crippen molar-refractivity contribution in [3.8, 4) is 31.3 Å². The fraction of sp³-hybridized carbons (Fsp3) is 0.521. The first kappa shape index (κ1) is 83.1. The minimum absolute atomic E-state index is 0.000986. The van der Waals surface area contributed by atoms with E-state index < -0.39 is 89.8 Å². The molecular formula is C73H99BrFN15O11S3. The highest BCUT2D eigenvalue weighted by molar-refractivity contribution is 9.09. The first-order valence-electron chi connectivity index (χ1n) is 34.7. The molecule has 31 heteroatoms. The van der Waals surface area contributed by atoms with Gasteiger partial charge in [0.25, 0.3) is 0 Å². The van der Waals surface area contributed by atoms with Crippen molar-refractivity contribution in [2.75, 3.05) is 38.7 Å². The molecular weight excluding hydrogens is 1460 g/mol. The summed E-state index contributed by atoms with van der Waals surface area (Å²) in [4.78, 5) is 126. The number of β-amino-alcohol motifs (C(OH)–C–C–N with tert-alkyl or cyclic N) is 3. The number of nitrogens with zero attached hydrogens (tertiary/aromatic N) is 9. The van der Waals surface area contributed by atoms with E-state index in [9.17, 15) is 58.1 Å². The molecule has 3 saturated heterocycles. The molecule has 104 heavy (non-hydrogen) atoms. The standard InChI is InChI=1S/C25H33BrN4O4S.C25H33N7O4S.C22H30N4O3S.CH3F/c1-15-21(35-14-28-15)17-7-5-16(6-8-17)12-27-23(33)19-11-18(31)13-30(19)24(34)22(25(2,3)4)29-20(32)9-10-26;1-15-21(37-14-28-15)17-7-5-16(6-8-17)12-27-23(35)19-11-18(33)13-32(19)24(36)22(25(2,3)4)30-20(34)9-10-29-31-26;1-13-18(30-12-25-13)15-7-5-14(6-8-15)10-24-20(28)17-9-16(27)11-26(17)21(29)19(23)22(2,3)4;1-2/h5-8,14,18-19,22,31H,9-13H2,1-4H3,(H,27,33)(H,29,32);5-8,14,18-19,22,33H,9-13H2,1-4H3,(H,27,35)(H,30,34);5-8,12,16-17,19,27H,9-11,23H2,1-4H3,(H,24,28);1H3/t2*18-,19+,22-;16-,17+,19-;/m111./s1/i;;;1D. The van der Waals surface area contributed by atoms with E-state index in [4.69, 9.17) is 12.6 Å². The Balaban J connectivity index is 0.000000243. The van der Waals surface area contributed by atoms with Crippen LogP contribution < -0.4 is 32.3 Å². The Bertz CT molecular complexity index is 3950. The summed E-state index contributed by atoms with van der Waals surface area (Å²) in [6, 6.07) is 18.9. The largest absolute Gasteiger partial charge is 0.391 e. The second kappa shape index (κ2) is 38.8. The van der Waals surface area contributed by atoms with E-state index in [-0.39, 0.29) is 100 Å². The number of thiazole rings is 3. The van der Waals surface area contributed by atoms with Crippen molar-refractivity contribution < 1.29 is 59.4 Å². The maximum absolute atomic E-state index is 13.5. The van der Waals surface area contributed by atoms with Gasteiger partial charge in [-0.25, -0.2) is 15.0 Å². The van der Waals surface area contributed by atoms with Gasteiger partial charge in [-0.1, -0.05) is 156 Å². The number of amides is 8. The molecule has 0 unspecified atom stereocenters. The number of aliphatic hydroxyl groups excluding tert-OH is 3. The van der Waals surface area contributed by atoms with Crippen LogP contribution >= 0.6 is 49.9 Å². The molecule has 26 nitrogen and oxygen atoms in total. The quantitative estimate of drug-likeness (QED) is 0.0133. The van der Waals surface area contributed by atoms with Crippen molar-refractivity contribution >= 4 is 97.2 Å². The molecule has 0 radical (unpaired) electrons. The van der Waals surface area contributed by atoms with Gasteiger partial charge in [0.1, 0.15) is 30.2 Å². The van der Waals surface area contributed by atoms with E-state index >= 15 is 0 Å². The maximum atomic E-state index is 13.5. The monoisotopic (exact) mass is 1560 g/mol. The van der Waals surface area contributed by atoms with Gasteiger partial charge in [-0.2, -0.15) is 0 Å². The van der Waals surface area contributed by atoms with Crippen molar-refractivity contribution in [2.45, 2.75) is 189 Å². The molecule has 3 aliphatic rings. The number of hydrogen-bond donors (Lipinski definition) is 9. The predicted molar refractivity (Wildman–Crippen MR) is 405 cm³/mol. The van der Waals surface area contributed by atoms with Crippen molar-refractivity contribution in [3.05, 3.63) is 134 Å². The number of benzene rings is 3. The molecule has 8 amide bonds. The fourth-order valence-electron chi connectivity index (χ4n) is 11.8. The third-order valence-corrected chi connectivity index (χ3v) is 21.1. The minimum atomic E-state index is -1.00. The summed E-state index contributed by atoms with van der Waals surface area (Å²) >= 11 is 8.00. The number of carbonyl (C=O) groups is 8. The van der Waals surface area contributed by atoms with Crippen LogP contribution in [-0.4, -0.2) is 185 Å². The molecule has 0 saturated carbocycles. The number of likely N-dealkylation sites (tertiary alicyclic amines) is 3. The molecule has 6 heterocycles. The van der Waals surface area contributed by atoms with Gasteiger partial charge in [-0.15, -0.1) is 34.0 Å². The van der Waals surface area contributed by atoms with Crippen LogP contribution in [0.1, 0.15) is 130 Å². The molecule has 3 aromatic carbocycles. The molecule has 3 aliphatic heterocycles. The second-order valence-electron chi connectivity index (χ2n) is 29.0. The lowest BCUT2D eigenvalue weighted by atomic mass is 9.85. The van der Waals surface area contributed by atoms with Crippen LogP contribution in [0.4, 0.5) is 4.39 Å². The Hall–Kier alpha value is -8.13. The summed E-state index contributed by atoms with van der Waals surface area (Å²) in [5, 5.41) is 48.7. The molecule has 6 aromatic rings. The number of carbonyl (C=O) groups excluding carboxylic acids is 8. The molecule has 564 valence electrons. The van der Waals surface area contributed by atoms with Crippen LogP contribution in [0.5, 0.6) is 0 Å². The van der Waals surface area contributed by atoms with Gasteiger partial charge in [0, 0.05) is 88.2 Å². The highest BCUT2D eigenvalue weighted by Crippen LogP contribution is 2.33. The highest BCUT2D eigenvalue weighted by Gasteiger charge is 2.47. The maximum Gasteiger partial charge on any atom is 0.246 e. The van der Waals surface area contributed by atoms with Crippen LogP contribution in [0.3, 0.4) is 0 Å². The number of nitrogens with two attached hydrogens (primary N) is 1. The third kappa shape index (κ3) is 23.7. The average Bonchev–Trinajstić information content (AvgIpc) is 1.72. The Morgan fingerprint density at radius 2 is 0.865 bits per heavy atom. The number of aryl methyl sites for hydroxylation is 3. The first-order chi connectivity index (χ1) is 49.5. The van der Waals surface area contributed by atoms with Crippen molar-refractivity contribution in [3.63, 3.8) is 0 Å². The Labute approximate surface area is 629 Å². The summed E-state index contributed by atoms with van der Waals surface area (Å²) in [6.45, 7) is 23.7. The second-order valence-corrected chi connectivity index (χ2v) is 32.3. The predicted octanol–water partition coefficient (Wildman–Crippen LogP) is 8.60. The lowest BCUT2D eigenvalue weighted by Gasteiger charge is -2.35. The molecule has 0 aliphatic carbocycles. The van der Waals surface area contributed by atoms with E-state index in [1.807, 2.05) is 167 Å². The topological polar surface area (TPSA) is 381 Å². The molecule has 3 fully saturated rings. The van der Waals surface area contributed by atoms with Gasteiger partial charge >= 0.3 is 0 Å². The Morgan fingerprint density at radius 1 is 0.567 bits per heavy atom. The Kier molecular flexibility index (Phi) is 31.0. The van der Waals surface area contributed by atoms with E-state index in [0.717, 1.165) is 65.1 Å². The van der Waals surface area contributed by atoms with Gasteiger partial charge in [0.15, 0.2) is 0 Å². The number of halogens is 2. The lowest BCUT2D eigenvalue weighted by Crippen LogP contribution is -2.57. The molecule has 3 aromatic heterocycles. The van der Waals surface area contributed by atoms with Gasteiger partial charge in [0.2, 0.25) is 47.3 Å². The van der Waals surface area contributed by atoms with Gasteiger partial charge in [-0.05, 0) is 75.9 Å². The normalized spacial score (nSPS) is 18.8. The first-order valence-corrected chi connectivity index (χ1v) is 37.8. The van der Waals surface area contributed by atoms with E-state index in [2.05, 4.69) is 67.5 Å². The highest BCUT2D eigenvalue weighted by atomic mass is 79.9. The zero-order valence-electron chi connectivity index (χ0n) is 61.9. The number of nitrogens with one attached hydrogen (secondary N) is 5. The summed E-state index contributed by atoms with van der Waals surface area (Å²) in [5.41, 5.74) is 27.3. The van der Waals surface area contributed by atoms with Crippen LogP contribution in [0.2, 0.25) is 0 Å². The van der Waals surface area contributed by atoms with Crippen LogP contribution in [0.15, 0.2) is 94.4 Å². The zero-order valence-corrected chi connectivity index (χ0v) is 65.0. The van der Waals surface area contributed by atoms with Gasteiger partial charge in [0.05, 0.1) is 81.1 Å². The smallest absolute Gasteiger partial charge is 0.246 e. The van der Waals surface area contributed by atoms with Crippen molar-refractivity contribution in [2.24, 2.45) is 27.1 Å². The minimum Gasteiger partial charge on any atom is -0.391 e. The summed E-state index contributed by atoms with van der Waals surface area (Å²) in [7, 11) is -1.00. The number of alkyl halides is 2. The van der Waals surface area contributed by atoms with Crippen LogP contribution in [0.25, 0.3) is 41.8 Å². The number of rotatable bonds is 22. The van der Waals surface area contributed by atoms with E-state index in [0.29, 0.717) is 18.4 Å². The fourth-order valence-corrected chi connectivity index (χ4v) is 14.6. The van der Waals surface area contributed by atoms with Crippen molar-refractivity contribution in [1.82, 2.24) is 56.2 Å². The van der Waals surface area contributed by atoms with E-state index in [1.165, 1.54) is 14.7 Å². The molecule has 9 atom stereocenters. The number of aliphatic hydroxyl groups is 3. The SMILES string of the molecule is Cc1ncsc1-c1ccc(CNC(=O)[C@@H]2C[C@@H](O)CN2C(=O)[C@@H](N)C(C)(C)C)cc1.Cc1ncsc1-c1ccc(CNC(=O)[C@@H]2C[C@@H](O)CN2C(=O)[C@@H](NC(=O)CCBr)C(C)(C)C)cc1.Cc1ncsc1-c1ccc(CNC(=O)[C@@H]2C[C@@H](O)CN2C(=O)[C@@H](NC(=O)CCN=[N+]=[N-])C(C)(C)C)cc1.[2H]CF. The summed E-state index contributed by atoms with van der Waals surface area (Å²) in [5.74, 6) is -2.74. The molecule has 0 spiro atoms. The molecule has 9 rings (SSSR count). The number of azide groups is 1. The van der Waals surface area contributed by atoms with Gasteiger partial charge in [-0.3, -0.25) is 42.7 Å². The van der Waals surface area contributed by atoms with Crippen LogP contribution in [0, 0.1) is 37.0 Å². The Morgan fingerprint density at radius 3 is 1.12 bits per heavy atom. The van der Waals surface area contributed by atoms with E-state index in [1.54, 1.807) is 39.5 Å². The van der Waals surface area contributed by atoms with Crippen molar-refractivity contribution in [1.29, 1.82) is 0 Å². The zero-order chi connectivity index (χ0) is 77.7. The summed E-state index contributed by atoms with van der Waals surface area (Å²) in [6.07, 6.45) is -1.68.